The number of hydrogen-bond donors (Lipinski definition) is 0. The number of ketones is 1. The Kier molecular flexibility index (Phi) is 4.96. The number of rotatable bonds is 7. The summed E-state index contributed by atoms with van der Waals surface area (Å²) >= 11 is 0. The summed E-state index contributed by atoms with van der Waals surface area (Å²) in [5.41, 5.74) is 1.04. The lowest BCUT2D eigenvalue weighted by Gasteiger charge is -2.16. The van der Waals surface area contributed by atoms with Crippen molar-refractivity contribution in [2.24, 2.45) is 5.92 Å². The summed E-state index contributed by atoms with van der Waals surface area (Å²) < 4.78 is 10.6. The molecule has 0 fully saturated rings. The minimum atomic E-state index is -0.495. The van der Waals surface area contributed by atoms with Gasteiger partial charge in [0.15, 0.2) is 0 Å². The van der Waals surface area contributed by atoms with Crippen molar-refractivity contribution in [3.05, 3.63) is 23.8 Å². The molecule has 0 unspecified atom stereocenters. The average molecular weight is 291 g/mol. The molecule has 1 aliphatic rings. The van der Waals surface area contributed by atoms with E-state index in [1.165, 1.54) is 12.0 Å². The minimum absolute atomic E-state index is 0.391. The summed E-state index contributed by atoms with van der Waals surface area (Å²) in [7, 11) is 1.53. The molecule has 1 aliphatic heterocycles. The van der Waals surface area contributed by atoms with Crippen LogP contribution in [0.2, 0.25) is 0 Å². The molecule has 1 heterocycles. The zero-order valence-corrected chi connectivity index (χ0v) is 12.7. The number of hydrogen-bond acceptors (Lipinski definition) is 4. The molecule has 5 nitrogen and oxygen atoms in total. The molecule has 0 spiro atoms. The summed E-state index contributed by atoms with van der Waals surface area (Å²) in [4.78, 5) is 25.5. The molecule has 1 amide bonds. The van der Waals surface area contributed by atoms with Gasteiger partial charge in [0.05, 0.1) is 25.0 Å². The lowest BCUT2D eigenvalue weighted by atomic mass is 10.1. The van der Waals surface area contributed by atoms with Gasteiger partial charge in [-0.05, 0) is 30.5 Å². The van der Waals surface area contributed by atoms with Crippen LogP contribution in [0.3, 0.4) is 0 Å². The van der Waals surface area contributed by atoms with Crippen molar-refractivity contribution in [1.82, 2.24) is 0 Å². The fourth-order valence-corrected chi connectivity index (χ4v) is 2.21. The molecule has 0 aliphatic carbocycles. The van der Waals surface area contributed by atoms with E-state index in [1.54, 1.807) is 18.2 Å². The van der Waals surface area contributed by atoms with Crippen LogP contribution >= 0.6 is 0 Å². The van der Waals surface area contributed by atoms with E-state index in [9.17, 15) is 9.59 Å². The second kappa shape index (κ2) is 6.72. The average Bonchev–Trinajstić information content (AvgIpc) is 2.71. The lowest BCUT2D eigenvalue weighted by molar-refractivity contribution is -0.114. The summed E-state index contributed by atoms with van der Waals surface area (Å²) in [5.74, 6) is 0.190. The second-order valence-electron chi connectivity index (χ2n) is 5.46. The van der Waals surface area contributed by atoms with Gasteiger partial charge in [0, 0.05) is 13.2 Å². The highest BCUT2D eigenvalue weighted by Crippen LogP contribution is 2.31. The van der Waals surface area contributed by atoms with Gasteiger partial charge in [-0.3, -0.25) is 9.59 Å². The first-order valence-electron chi connectivity index (χ1n) is 7.16. The quantitative estimate of drug-likeness (QED) is 0.571. The number of fused-ring (bicyclic) bond motifs is 1. The monoisotopic (exact) mass is 291 g/mol. The fraction of sp³-hybridized carbons (Fsp3) is 0.500. The zero-order valence-electron chi connectivity index (χ0n) is 12.7. The molecule has 0 atom stereocenters. The number of nitrogens with zero attached hydrogens (tertiary/aromatic N) is 1. The van der Waals surface area contributed by atoms with Crippen LogP contribution in [0.15, 0.2) is 18.2 Å². The highest BCUT2D eigenvalue weighted by Gasteiger charge is 2.35. The van der Waals surface area contributed by atoms with Gasteiger partial charge in [0.1, 0.15) is 5.75 Å². The van der Waals surface area contributed by atoms with Gasteiger partial charge < -0.3 is 14.4 Å². The highest BCUT2D eigenvalue weighted by atomic mass is 16.5. The molecule has 0 bridgehead atoms. The third kappa shape index (κ3) is 3.42. The van der Waals surface area contributed by atoms with E-state index < -0.39 is 11.7 Å². The molecule has 114 valence electrons. The number of ether oxygens (including phenoxy) is 2. The molecule has 0 saturated heterocycles. The van der Waals surface area contributed by atoms with Crippen LogP contribution < -0.4 is 9.64 Å². The van der Waals surface area contributed by atoms with Gasteiger partial charge in [-0.15, -0.1) is 0 Å². The maximum atomic E-state index is 12.0. The molecular weight excluding hydrogens is 270 g/mol. The Morgan fingerprint density at radius 3 is 2.62 bits per heavy atom. The minimum Gasteiger partial charge on any atom is -0.497 e. The number of methoxy groups -OCH3 is 1. The predicted octanol–water partition coefficient (Wildman–Crippen LogP) is 2.29. The zero-order chi connectivity index (χ0) is 15.4. The van der Waals surface area contributed by atoms with E-state index in [0.717, 1.165) is 6.42 Å². The van der Waals surface area contributed by atoms with Crippen molar-refractivity contribution >= 4 is 17.4 Å². The van der Waals surface area contributed by atoms with Crippen molar-refractivity contribution in [3.8, 4) is 5.75 Å². The van der Waals surface area contributed by atoms with Gasteiger partial charge >= 0.3 is 0 Å². The predicted molar refractivity (Wildman–Crippen MR) is 80.0 cm³/mol. The molecule has 2 rings (SSSR count). The Labute approximate surface area is 124 Å². The number of benzene rings is 1. The smallest absolute Gasteiger partial charge is 0.299 e. The highest BCUT2D eigenvalue weighted by molar-refractivity contribution is 6.52. The van der Waals surface area contributed by atoms with Crippen LogP contribution in [0.25, 0.3) is 0 Å². The van der Waals surface area contributed by atoms with Crippen LogP contribution in [0.4, 0.5) is 5.69 Å². The van der Waals surface area contributed by atoms with E-state index in [4.69, 9.17) is 9.47 Å². The van der Waals surface area contributed by atoms with Gasteiger partial charge in [-0.2, -0.15) is 0 Å². The molecule has 0 radical (unpaired) electrons. The first kappa shape index (κ1) is 15.5. The van der Waals surface area contributed by atoms with Crippen LogP contribution in [0.5, 0.6) is 5.75 Å². The Hall–Kier alpha value is -1.88. The van der Waals surface area contributed by atoms with E-state index in [0.29, 0.717) is 42.7 Å². The summed E-state index contributed by atoms with van der Waals surface area (Å²) in [5, 5.41) is 0. The van der Waals surface area contributed by atoms with E-state index >= 15 is 0 Å². The second-order valence-corrected chi connectivity index (χ2v) is 5.46. The summed E-state index contributed by atoms with van der Waals surface area (Å²) in [6.45, 7) is 5.76. The number of Topliss-reactive ketones (excluding diaryl/α,β-unsaturated/α-hetero) is 1. The Morgan fingerprint density at radius 1 is 1.19 bits per heavy atom. The number of carbonyl (C=O) groups is 2. The topological polar surface area (TPSA) is 55.8 Å². The Balaban J connectivity index is 1.99. The van der Waals surface area contributed by atoms with Crippen molar-refractivity contribution in [2.75, 3.05) is 31.8 Å². The van der Waals surface area contributed by atoms with Gasteiger partial charge in [0.2, 0.25) is 0 Å². The first-order valence-corrected chi connectivity index (χ1v) is 7.16. The van der Waals surface area contributed by atoms with E-state index in [2.05, 4.69) is 13.8 Å². The van der Waals surface area contributed by atoms with Crippen molar-refractivity contribution in [1.29, 1.82) is 0 Å². The van der Waals surface area contributed by atoms with Crippen LogP contribution in [-0.2, 0) is 9.53 Å². The van der Waals surface area contributed by atoms with Crippen molar-refractivity contribution in [3.63, 3.8) is 0 Å². The fourth-order valence-electron chi connectivity index (χ4n) is 2.21. The number of anilines is 1. The Bertz CT molecular complexity index is 539. The maximum absolute atomic E-state index is 12.0. The first-order chi connectivity index (χ1) is 10.0. The molecule has 21 heavy (non-hydrogen) atoms. The molecule has 0 saturated carbocycles. The van der Waals surface area contributed by atoms with Crippen LogP contribution in [0, 0.1) is 5.92 Å². The van der Waals surface area contributed by atoms with E-state index in [1.807, 2.05) is 0 Å². The van der Waals surface area contributed by atoms with Gasteiger partial charge in [-0.25, -0.2) is 0 Å². The third-order valence-corrected chi connectivity index (χ3v) is 3.48. The van der Waals surface area contributed by atoms with Gasteiger partial charge in [0.25, 0.3) is 11.7 Å². The standard InChI is InChI=1S/C16H21NO4/c1-11(2)6-8-21-9-7-17-14-5-4-12(20-3)10-13(14)15(18)16(17)19/h4-5,10-11H,6-9H2,1-3H3. The van der Waals surface area contributed by atoms with E-state index in [-0.39, 0.29) is 0 Å². The SMILES string of the molecule is COc1ccc2c(c1)C(=O)C(=O)N2CCOCCC(C)C. The molecule has 0 N–H and O–H groups in total. The largest absolute Gasteiger partial charge is 0.497 e. The van der Waals surface area contributed by atoms with Crippen molar-refractivity contribution in [2.45, 2.75) is 20.3 Å². The maximum Gasteiger partial charge on any atom is 0.299 e. The molecular formula is C16H21NO4. The Morgan fingerprint density at radius 2 is 1.95 bits per heavy atom. The van der Waals surface area contributed by atoms with Crippen LogP contribution in [-0.4, -0.2) is 38.6 Å². The molecule has 1 aromatic carbocycles. The number of amides is 1. The van der Waals surface area contributed by atoms with Crippen LogP contribution in [0.1, 0.15) is 30.6 Å². The summed E-state index contributed by atoms with van der Waals surface area (Å²) in [6.07, 6.45) is 0.987. The summed E-state index contributed by atoms with van der Waals surface area (Å²) in [6, 6.07) is 5.09. The van der Waals surface area contributed by atoms with Crippen molar-refractivity contribution < 1.29 is 19.1 Å². The molecule has 5 heteroatoms. The molecule has 1 aromatic rings. The normalized spacial score (nSPS) is 14.0. The lowest BCUT2D eigenvalue weighted by Crippen LogP contribution is -2.32. The van der Waals surface area contributed by atoms with Gasteiger partial charge in [-0.1, -0.05) is 13.8 Å². The third-order valence-electron chi connectivity index (χ3n) is 3.48. The molecule has 0 aromatic heterocycles. The number of carbonyl (C=O) groups excluding carboxylic acids is 2.